The fraction of sp³-hybridized carbons (Fsp3) is 0.400. The Morgan fingerprint density at radius 2 is 2.24 bits per heavy atom. The Labute approximate surface area is 96.8 Å². The van der Waals surface area contributed by atoms with Crippen molar-refractivity contribution >= 4 is 11.7 Å². The van der Waals surface area contributed by atoms with Gasteiger partial charge in [0.05, 0.1) is 13.5 Å². The summed E-state index contributed by atoms with van der Waals surface area (Å²) in [7, 11) is 1.17. The average Bonchev–Trinajstić information content (AvgIpc) is 2.30. The van der Waals surface area contributed by atoms with Gasteiger partial charge in [0.1, 0.15) is 5.69 Å². The number of aromatic nitrogens is 1. The third kappa shape index (κ3) is 2.88. The molecule has 17 heavy (non-hydrogen) atoms. The minimum atomic E-state index is -2.80. The maximum absolute atomic E-state index is 12.7. The molecule has 1 aromatic rings. The molecular weight excluding hydrogens is 232 g/mol. The molecule has 0 radical (unpaired) electrons. The summed E-state index contributed by atoms with van der Waals surface area (Å²) in [4.78, 5) is 14.7. The van der Waals surface area contributed by atoms with Crippen LogP contribution in [0.25, 0.3) is 0 Å². The lowest BCUT2D eigenvalue weighted by molar-refractivity contribution is -0.139. The smallest absolute Gasteiger partial charge is 0.310 e. The van der Waals surface area contributed by atoms with Gasteiger partial charge in [-0.2, -0.15) is 0 Å². The second kappa shape index (κ2) is 5.53. The number of pyridine rings is 1. The molecule has 0 saturated heterocycles. The van der Waals surface area contributed by atoms with Gasteiger partial charge in [0.15, 0.2) is 0 Å². The summed E-state index contributed by atoms with van der Waals surface area (Å²) >= 11 is 0. The van der Waals surface area contributed by atoms with E-state index in [0.29, 0.717) is 5.56 Å². The Morgan fingerprint density at radius 3 is 2.71 bits per heavy atom. The van der Waals surface area contributed by atoms with Crippen LogP contribution in [0.4, 0.5) is 14.5 Å². The highest BCUT2D eigenvalue weighted by atomic mass is 19.3. The molecular formula is C10H13F2N3O2. The minimum Gasteiger partial charge on any atom is -0.469 e. The average molecular weight is 245 g/mol. The number of halogens is 2. The number of esters is 1. The van der Waals surface area contributed by atoms with E-state index < -0.39 is 18.1 Å². The zero-order valence-corrected chi connectivity index (χ0v) is 9.24. The number of carbonyl (C=O) groups is 1. The summed E-state index contributed by atoms with van der Waals surface area (Å²) in [5, 5.41) is 0. The predicted molar refractivity (Wildman–Crippen MR) is 57.2 cm³/mol. The fourth-order valence-corrected chi connectivity index (χ4v) is 1.38. The van der Waals surface area contributed by atoms with Crippen molar-refractivity contribution in [2.75, 3.05) is 12.8 Å². The van der Waals surface area contributed by atoms with E-state index >= 15 is 0 Å². The fourth-order valence-electron chi connectivity index (χ4n) is 1.38. The zero-order chi connectivity index (χ0) is 13.0. The number of nitrogens with zero attached hydrogens (tertiary/aromatic N) is 1. The number of nitrogen functional groups attached to an aromatic ring is 1. The van der Waals surface area contributed by atoms with Crippen molar-refractivity contribution in [3.05, 3.63) is 23.0 Å². The number of alkyl halides is 2. The van der Waals surface area contributed by atoms with Crippen molar-refractivity contribution < 1.29 is 18.3 Å². The molecule has 1 heterocycles. The van der Waals surface area contributed by atoms with Crippen molar-refractivity contribution in [3.8, 4) is 0 Å². The maximum Gasteiger partial charge on any atom is 0.310 e. The molecule has 0 aliphatic rings. The second-order valence-corrected chi connectivity index (χ2v) is 3.32. The summed E-state index contributed by atoms with van der Waals surface area (Å²) < 4.78 is 29.8. The molecule has 0 spiro atoms. The van der Waals surface area contributed by atoms with E-state index in [2.05, 4.69) is 9.72 Å². The summed E-state index contributed by atoms with van der Waals surface area (Å²) in [6, 6.07) is 0. The lowest BCUT2D eigenvalue weighted by Crippen LogP contribution is -2.14. The SMILES string of the molecule is COC(=O)Cc1c(C(F)F)ncc(CN)c1N. The second-order valence-electron chi connectivity index (χ2n) is 3.32. The summed E-state index contributed by atoms with van der Waals surface area (Å²) in [5.41, 5.74) is 11.0. The van der Waals surface area contributed by atoms with Gasteiger partial charge >= 0.3 is 5.97 Å². The number of carbonyl (C=O) groups excluding carboxylic acids is 1. The number of methoxy groups -OCH3 is 1. The lowest BCUT2D eigenvalue weighted by Gasteiger charge is -2.13. The van der Waals surface area contributed by atoms with Crippen LogP contribution in [-0.4, -0.2) is 18.1 Å². The molecule has 4 N–H and O–H groups in total. The highest BCUT2D eigenvalue weighted by Gasteiger charge is 2.21. The number of nitrogens with two attached hydrogens (primary N) is 2. The Kier molecular flexibility index (Phi) is 4.33. The standard InChI is InChI=1S/C10H13F2N3O2/c1-17-7(16)2-6-8(14)5(3-13)4-15-9(6)10(11)12/h4,10H,2-3,13H2,1H3,(H2,14,15). The maximum atomic E-state index is 12.7. The summed E-state index contributed by atoms with van der Waals surface area (Å²) in [6.45, 7) is 0.0660. The zero-order valence-electron chi connectivity index (χ0n) is 9.24. The first-order valence-corrected chi connectivity index (χ1v) is 4.82. The first kappa shape index (κ1) is 13.3. The first-order chi connectivity index (χ1) is 8.01. The highest BCUT2D eigenvalue weighted by Crippen LogP contribution is 2.27. The van der Waals surface area contributed by atoms with Crippen molar-refractivity contribution in [1.82, 2.24) is 4.98 Å². The van der Waals surface area contributed by atoms with Gasteiger partial charge in [-0.15, -0.1) is 0 Å². The number of rotatable bonds is 4. The Balaban J connectivity index is 3.24. The molecule has 0 bridgehead atoms. The molecule has 0 saturated carbocycles. The third-order valence-electron chi connectivity index (χ3n) is 2.32. The molecule has 0 fully saturated rings. The number of hydrogen-bond acceptors (Lipinski definition) is 5. The van der Waals surface area contributed by atoms with Crippen LogP contribution >= 0.6 is 0 Å². The van der Waals surface area contributed by atoms with Crippen LogP contribution in [-0.2, 0) is 22.5 Å². The van der Waals surface area contributed by atoms with Crippen molar-refractivity contribution in [1.29, 1.82) is 0 Å². The van der Waals surface area contributed by atoms with Gasteiger partial charge in [-0.25, -0.2) is 8.78 Å². The Bertz CT molecular complexity index is 424. The van der Waals surface area contributed by atoms with Crippen molar-refractivity contribution in [2.45, 2.75) is 19.4 Å². The Morgan fingerprint density at radius 1 is 1.59 bits per heavy atom. The van der Waals surface area contributed by atoms with Gasteiger partial charge < -0.3 is 16.2 Å². The number of hydrogen-bond donors (Lipinski definition) is 2. The third-order valence-corrected chi connectivity index (χ3v) is 2.32. The number of anilines is 1. The van der Waals surface area contributed by atoms with Gasteiger partial charge in [0.2, 0.25) is 0 Å². The van der Waals surface area contributed by atoms with Crippen LogP contribution < -0.4 is 11.5 Å². The highest BCUT2D eigenvalue weighted by molar-refractivity contribution is 5.76. The topological polar surface area (TPSA) is 91.2 Å². The molecule has 0 aliphatic heterocycles. The van der Waals surface area contributed by atoms with Crippen molar-refractivity contribution in [2.24, 2.45) is 5.73 Å². The normalized spacial score (nSPS) is 10.6. The van der Waals surface area contributed by atoms with Crippen LogP contribution in [0.5, 0.6) is 0 Å². The lowest BCUT2D eigenvalue weighted by atomic mass is 10.0. The van der Waals surface area contributed by atoms with E-state index in [0.717, 1.165) is 0 Å². The largest absolute Gasteiger partial charge is 0.469 e. The molecule has 0 aliphatic carbocycles. The first-order valence-electron chi connectivity index (χ1n) is 4.82. The minimum absolute atomic E-state index is 0.0187. The molecule has 7 heteroatoms. The monoisotopic (exact) mass is 245 g/mol. The van der Waals surface area contributed by atoms with E-state index in [-0.39, 0.29) is 24.2 Å². The molecule has 1 aromatic heterocycles. The van der Waals surface area contributed by atoms with Crippen LogP contribution in [0.1, 0.15) is 23.2 Å². The van der Waals surface area contributed by atoms with Crippen LogP contribution in [0.15, 0.2) is 6.20 Å². The van der Waals surface area contributed by atoms with Gasteiger partial charge in [0.25, 0.3) is 6.43 Å². The molecule has 0 aromatic carbocycles. The van der Waals surface area contributed by atoms with Crippen LogP contribution in [0.2, 0.25) is 0 Å². The van der Waals surface area contributed by atoms with E-state index in [9.17, 15) is 13.6 Å². The van der Waals surface area contributed by atoms with Crippen LogP contribution in [0, 0.1) is 0 Å². The van der Waals surface area contributed by atoms with Crippen LogP contribution in [0.3, 0.4) is 0 Å². The van der Waals surface area contributed by atoms with Gasteiger partial charge in [-0.1, -0.05) is 0 Å². The summed E-state index contributed by atoms with van der Waals surface area (Å²) in [6.07, 6.45) is -1.95. The van der Waals surface area contributed by atoms with E-state index in [4.69, 9.17) is 11.5 Å². The van der Waals surface area contributed by atoms with Gasteiger partial charge in [-0.3, -0.25) is 9.78 Å². The Hall–Kier alpha value is -1.76. The molecule has 0 atom stereocenters. The predicted octanol–water partition coefficient (Wildman–Crippen LogP) is 0.776. The molecule has 94 valence electrons. The van der Waals surface area contributed by atoms with Gasteiger partial charge in [0, 0.05) is 29.6 Å². The quantitative estimate of drug-likeness (QED) is 0.765. The van der Waals surface area contributed by atoms with Crippen molar-refractivity contribution in [3.63, 3.8) is 0 Å². The summed E-state index contributed by atoms with van der Waals surface area (Å²) in [5.74, 6) is -0.658. The molecule has 5 nitrogen and oxygen atoms in total. The molecule has 0 unspecified atom stereocenters. The van der Waals surface area contributed by atoms with E-state index in [1.807, 2.05) is 0 Å². The van der Waals surface area contributed by atoms with E-state index in [1.165, 1.54) is 13.3 Å². The van der Waals surface area contributed by atoms with Gasteiger partial charge in [-0.05, 0) is 0 Å². The molecule has 0 amide bonds. The van der Waals surface area contributed by atoms with E-state index in [1.54, 1.807) is 0 Å². The number of ether oxygens (including phenoxy) is 1. The molecule has 1 rings (SSSR count).